The van der Waals surface area contributed by atoms with Crippen LogP contribution in [0.2, 0.25) is 0 Å². The van der Waals surface area contributed by atoms with E-state index < -0.39 is 30.1 Å². The SMILES string of the molecule is NC(CCSSCCC(NC(=O)OCC1c2ccccc2-c2ccccc21)C(=O)O)C(=O)O. The van der Waals surface area contributed by atoms with Crippen LogP contribution in [0, 0.1) is 0 Å². The van der Waals surface area contributed by atoms with Crippen LogP contribution in [0.15, 0.2) is 48.5 Å². The minimum Gasteiger partial charge on any atom is -0.480 e. The summed E-state index contributed by atoms with van der Waals surface area (Å²) in [5.74, 6) is -1.28. The summed E-state index contributed by atoms with van der Waals surface area (Å²) in [5.41, 5.74) is 9.83. The lowest BCUT2D eigenvalue weighted by Gasteiger charge is -2.17. The van der Waals surface area contributed by atoms with E-state index in [-0.39, 0.29) is 18.9 Å². The van der Waals surface area contributed by atoms with Crippen LogP contribution in [0.5, 0.6) is 0 Å². The van der Waals surface area contributed by atoms with Gasteiger partial charge in [0.15, 0.2) is 0 Å². The molecule has 0 radical (unpaired) electrons. The number of amides is 1. The number of nitrogens with two attached hydrogens (primary N) is 1. The normalized spacial score (nSPS) is 14.1. The number of rotatable bonds is 12. The average Bonchev–Trinajstić information content (AvgIpc) is 3.12. The van der Waals surface area contributed by atoms with Crippen LogP contribution in [0.3, 0.4) is 0 Å². The maximum absolute atomic E-state index is 12.3. The van der Waals surface area contributed by atoms with Crippen molar-refractivity contribution in [2.45, 2.75) is 30.8 Å². The molecule has 0 aromatic heterocycles. The summed E-state index contributed by atoms with van der Waals surface area (Å²) < 4.78 is 5.42. The molecular formula is C23H26N2O6S2. The second kappa shape index (κ2) is 12.0. The highest BCUT2D eigenvalue weighted by atomic mass is 33.1. The number of hydrogen-bond donors (Lipinski definition) is 4. The molecule has 1 amide bonds. The predicted molar refractivity (Wildman–Crippen MR) is 129 cm³/mol. The zero-order chi connectivity index (χ0) is 23.8. The Labute approximate surface area is 199 Å². The van der Waals surface area contributed by atoms with Crippen molar-refractivity contribution in [2.75, 3.05) is 18.1 Å². The molecule has 0 spiro atoms. The zero-order valence-electron chi connectivity index (χ0n) is 17.8. The molecule has 0 saturated heterocycles. The first kappa shape index (κ1) is 24.9. The minimum absolute atomic E-state index is 0.101. The lowest BCUT2D eigenvalue weighted by Crippen LogP contribution is -2.41. The van der Waals surface area contributed by atoms with E-state index in [0.29, 0.717) is 17.9 Å². The molecule has 176 valence electrons. The summed E-state index contributed by atoms with van der Waals surface area (Å²) in [6.07, 6.45) is -0.232. The number of hydrogen-bond acceptors (Lipinski definition) is 7. The van der Waals surface area contributed by atoms with E-state index in [1.807, 2.05) is 48.5 Å². The Morgan fingerprint density at radius 3 is 2.00 bits per heavy atom. The number of aliphatic carboxylic acids is 2. The van der Waals surface area contributed by atoms with Gasteiger partial charge in [0.25, 0.3) is 0 Å². The van der Waals surface area contributed by atoms with Gasteiger partial charge in [0.2, 0.25) is 0 Å². The second-order valence-corrected chi connectivity index (χ2v) is 10.2. The fourth-order valence-electron chi connectivity index (χ4n) is 3.62. The number of benzene rings is 2. The number of alkyl carbamates (subject to hydrolysis) is 1. The largest absolute Gasteiger partial charge is 0.480 e. The van der Waals surface area contributed by atoms with Gasteiger partial charge in [-0.25, -0.2) is 9.59 Å². The fourth-order valence-corrected chi connectivity index (χ4v) is 5.82. The number of ether oxygens (including phenoxy) is 1. The van der Waals surface area contributed by atoms with E-state index in [4.69, 9.17) is 15.6 Å². The first-order valence-electron chi connectivity index (χ1n) is 10.5. The molecule has 2 aromatic carbocycles. The van der Waals surface area contributed by atoms with Gasteiger partial charge in [-0.05, 0) is 35.1 Å². The van der Waals surface area contributed by atoms with E-state index in [1.54, 1.807) is 0 Å². The molecule has 5 N–H and O–H groups in total. The average molecular weight is 491 g/mol. The van der Waals surface area contributed by atoms with Gasteiger partial charge in [-0.3, -0.25) is 4.79 Å². The van der Waals surface area contributed by atoms with E-state index in [1.165, 1.54) is 21.6 Å². The third-order valence-corrected chi connectivity index (χ3v) is 7.81. The Morgan fingerprint density at radius 1 is 0.909 bits per heavy atom. The molecule has 0 saturated carbocycles. The molecule has 0 fully saturated rings. The summed E-state index contributed by atoms with van der Waals surface area (Å²) in [5, 5.41) is 20.6. The molecule has 2 atom stereocenters. The molecule has 33 heavy (non-hydrogen) atoms. The number of carbonyl (C=O) groups excluding carboxylic acids is 1. The van der Waals surface area contributed by atoms with Crippen molar-refractivity contribution in [3.8, 4) is 11.1 Å². The Morgan fingerprint density at radius 2 is 1.45 bits per heavy atom. The Bertz CT molecular complexity index is 957. The second-order valence-electron chi connectivity index (χ2n) is 7.53. The minimum atomic E-state index is -1.14. The molecule has 8 nitrogen and oxygen atoms in total. The van der Waals surface area contributed by atoms with Crippen LogP contribution in [0.4, 0.5) is 4.79 Å². The van der Waals surface area contributed by atoms with E-state index in [0.717, 1.165) is 22.3 Å². The summed E-state index contributed by atoms with van der Waals surface area (Å²) in [6, 6.07) is 14.0. The summed E-state index contributed by atoms with van der Waals surface area (Å²) in [4.78, 5) is 34.6. The Kier molecular flexibility index (Phi) is 9.04. The fraction of sp³-hybridized carbons (Fsp3) is 0.348. The molecule has 1 aliphatic carbocycles. The van der Waals surface area contributed by atoms with Crippen LogP contribution in [-0.2, 0) is 14.3 Å². The van der Waals surface area contributed by atoms with Crippen molar-refractivity contribution in [2.24, 2.45) is 5.73 Å². The quantitative estimate of drug-likeness (QED) is 0.260. The van der Waals surface area contributed by atoms with Gasteiger partial charge in [-0.1, -0.05) is 70.1 Å². The number of carboxylic acid groups (broad SMARTS) is 2. The van der Waals surface area contributed by atoms with Crippen LogP contribution in [-0.4, -0.2) is 58.4 Å². The van der Waals surface area contributed by atoms with Gasteiger partial charge < -0.3 is 26.0 Å². The molecule has 1 aliphatic rings. The molecule has 10 heteroatoms. The maximum atomic E-state index is 12.3. The van der Waals surface area contributed by atoms with Crippen molar-refractivity contribution in [1.29, 1.82) is 0 Å². The molecule has 2 unspecified atom stereocenters. The standard InChI is InChI=1S/C23H26N2O6S2/c24-19(21(26)27)9-11-32-33-12-10-20(22(28)29)25-23(30)31-13-18-16-7-3-1-5-14(16)15-6-2-4-8-17(15)18/h1-8,18-20H,9-13,24H2,(H,25,30)(H,26,27)(H,28,29). The van der Waals surface area contributed by atoms with E-state index >= 15 is 0 Å². The van der Waals surface area contributed by atoms with Crippen molar-refractivity contribution < 1.29 is 29.3 Å². The van der Waals surface area contributed by atoms with Crippen molar-refractivity contribution >= 4 is 39.6 Å². The summed E-state index contributed by atoms with van der Waals surface area (Å²) in [6.45, 7) is 0.112. The molecule has 0 heterocycles. The first-order valence-corrected chi connectivity index (χ1v) is 12.9. The third kappa shape index (κ3) is 6.66. The highest BCUT2D eigenvalue weighted by molar-refractivity contribution is 8.76. The van der Waals surface area contributed by atoms with Crippen LogP contribution in [0.25, 0.3) is 11.1 Å². The van der Waals surface area contributed by atoms with Crippen LogP contribution in [0.1, 0.15) is 29.9 Å². The van der Waals surface area contributed by atoms with Gasteiger partial charge >= 0.3 is 18.0 Å². The van der Waals surface area contributed by atoms with Gasteiger partial charge in [0.1, 0.15) is 18.7 Å². The highest BCUT2D eigenvalue weighted by Crippen LogP contribution is 2.44. The van der Waals surface area contributed by atoms with E-state index in [2.05, 4.69) is 5.32 Å². The Hall–Kier alpha value is -2.69. The topological polar surface area (TPSA) is 139 Å². The van der Waals surface area contributed by atoms with Crippen LogP contribution < -0.4 is 11.1 Å². The monoisotopic (exact) mass is 490 g/mol. The third-order valence-electron chi connectivity index (χ3n) is 5.34. The van der Waals surface area contributed by atoms with Gasteiger partial charge in [0, 0.05) is 17.4 Å². The molecule has 0 bridgehead atoms. The predicted octanol–water partition coefficient (Wildman–Crippen LogP) is 3.55. The van der Waals surface area contributed by atoms with Crippen LogP contribution >= 0.6 is 21.6 Å². The number of carbonyl (C=O) groups is 3. The highest BCUT2D eigenvalue weighted by Gasteiger charge is 2.29. The summed E-state index contributed by atoms with van der Waals surface area (Å²) in [7, 11) is 2.83. The molecule has 0 aliphatic heterocycles. The molecule has 3 rings (SSSR count). The number of carboxylic acids is 2. The Balaban J connectivity index is 1.46. The maximum Gasteiger partial charge on any atom is 0.407 e. The zero-order valence-corrected chi connectivity index (χ0v) is 19.4. The van der Waals surface area contributed by atoms with E-state index in [9.17, 15) is 19.5 Å². The molecular weight excluding hydrogens is 464 g/mol. The van der Waals surface area contributed by atoms with Crippen molar-refractivity contribution in [1.82, 2.24) is 5.32 Å². The van der Waals surface area contributed by atoms with Gasteiger partial charge in [-0.15, -0.1) is 0 Å². The molecule has 2 aromatic rings. The van der Waals surface area contributed by atoms with Gasteiger partial charge in [-0.2, -0.15) is 0 Å². The van der Waals surface area contributed by atoms with Gasteiger partial charge in [0.05, 0.1) is 0 Å². The first-order chi connectivity index (χ1) is 15.9. The lowest BCUT2D eigenvalue weighted by atomic mass is 9.98. The number of fused-ring (bicyclic) bond motifs is 3. The smallest absolute Gasteiger partial charge is 0.407 e. The summed E-state index contributed by atoms with van der Waals surface area (Å²) >= 11 is 0. The lowest BCUT2D eigenvalue weighted by molar-refractivity contribution is -0.140. The van der Waals surface area contributed by atoms with Crippen molar-refractivity contribution in [3.05, 3.63) is 59.7 Å². The number of nitrogens with one attached hydrogen (secondary N) is 1. The van der Waals surface area contributed by atoms with Crippen molar-refractivity contribution in [3.63, 3.8) is 0 Å².